The number of hydrogen-bond donors (Lipinski definition) is 1. The van der Waals surface area contributed by atoms with E-state index in [1.54, 1.807) is 19.1 Å². The maximum absolute atomic E-state index is 13.5. The summed E-state index contributed by atoms with van der Waals surface area (Å²) in [5, 5.41) is 0. The van der Waals surface area contributed by atoms with Gasteiger partial charge in [-0.15, -0.1) is 0 Å². The lowest BCUT2D eigenvalue weighted by Gasteiger charge is -2.11. The van der Waals surface area contributed by atoms with E-state index < -0.39 is 12.0 Å². The Hall–Kier alpha value is -1.62. The fourth-order valence-corrected chi connectivity index (χ4v) is 1.30. The third-order valence-electron chi connectivity index (χ3n) is 2.35. The number of carbonyl (C=O) groups excluding carboxylic acids is 1. The summed E-state index contributed by atoms with van der Waals surface area (Å²) in [4.78, 5) is 11.0. The van der Waals surface area contributed by atoms with Crippen LogP contribution in [0.2, 0.25) is 0 Å². The first-order chi connectivity index (χ1) is 8.06. The van der Waals surface area contributed by atoms with Gasteiger partial charge in [0.25, 0.3) is 0 Å². The van der Waals surface area contributed by atoms with Crippen molar-refractivity contribution in [1.29, 1.82) is 0 Å². The summed E-state index contributed by atoms with van der Waals surface area (Å²) in [6.45, 7) is 1.82. The summed E-state index contributed by atoms with van der Waals surface area (Å²) in [6.07, 6.45) is 0.278. The Morgan fingerprint density at radius 1 is 1.53 bits per heavy atom. The van der Waals surface area contributed by atoms with Crippen molar-refractivity contribution in [3.8, 4) is 5.75 Å². The lowest BCUT2D eigenvalue weighted by molar-refractivity contribution is -0.142. The highest BCUT2D eigenvalue weighted by molar-refractivity contribution is 5.75. The van der Waals surface area contributed by atoms with Crippen molar-refractivity contribution in [2.45, 2.75) is 19.4 Å². The molecule has 0 bridgehead atoms. The van der Waals surface area contributed by atoms with E-state index in [-0.39, 0.29) is 24.6 Å². The average Bonchev–Trinajstić information content (AvgIpc) is 2.33. The number of halogens is 1. The second-order valence-electron chi connectivity index (χ2n) is 3.65. The molecule has 0 aliphatic carbocycles. The van der Waals surface area contributed by atoms with Gasteiger partial charge >= 0.3 is 5.97 Å². The molecule has 0 fully saturated rings. The molecule has 1 unspecified atom stereocenters. The van der Waals surface area contributed by atoms with Gasteiger partial charge in [-0.25, -0.2) is 4.39 Å². The molecule has 4 nitrogen and oxygen atoms in total. The predicted molar refractivity (Wildman–Crippen MR) is 61.2 cm³/mol. The van der Waals surface area contributed by atoms with Crippen molar-refractivity contribution < 1.29 is 18.7 Å². The van der Waals surface area contributed by atoms with Crippen LogP contribution in [0.15, 0.2) is 18.2 Å². The minimum Gasteiger partial charge on any atom is -0.490 e. The highest BCUT2D eigenvalue weighted by Gasteiger charge is 2.14. The summed E-state index contributed by atoms with van der Waals surface area (Å²) < 4.78 is 23.2. The number of ether oxygens (including phenoxy) is 2. The molecule has 0 heterocycles. The highest BCUT2D eigenvalue weighted by Crippen LogP contribution is 2.19. The summed E-state index contributed by atoms with van der Waals surface area (Å²) in [6, 6.07) is 4.15. The van der Waals surface area contributed by atoms with Crippen LogP contribution < -0.4 is 10.5 Å². The Morgan fingerprint density at radius 3 is 2.88 bits per heavy atom. The van der Waals surface area contributed by atoms with E-state index in [0.29, 0.717) is 5.56 Å². The standard InChI is InChI=1S/C12H16FNO3/c1-8-4-3-5-10(11(8)13)17-7-6-9(14)12(15)16-2/h3-5,9H,6-7,14H2,1-2H3. The molecular formula is C12H16FNO3. The number of benzene rings is 1. The van der Waals surface area contributed by atoms with Gasteiger partial charge in [0, 0.05) is 6.42 Å². The van der Waals surface area contributed by atoms with E-state index in [2.05, 4.69) is 4.74 Å². The van der Waals surface area contributed by atoms with Crippen molar-refractivity contribution in [3.63, 3.8) is 0 Å². The van der Waals surface area contributed by atoms with Crippen LogP contribution in [0.5, 0.6) is 5.75 Å². The van der Waals surface area contributed by atoms with Gasteiger partial charge in [0.1, 0.15) is 6.04 Å². The van der Waals surface area contributed by atoms with Crippen molar-refractivity contribution >= 4 is 5.97 Å². The second-order valence-corrected chi connectivity index (χ2v) is 3.65. The van der Waals surface area contributed by atoms with Crippen LogP contribution in [-0.2, 0) is 9.53 Å². The Kier molecular flexibility index (Phi) is 4.90. The molecule has 1 atom stereocenters. The van der Waals surface area contributed by atoms with E-state index in [4.69, 9.17) is 10.5 Å². The van der Waals surface area contributed by atoms with Crippen molar-refractivity contribution in [3.05, 3.63) is 29.6 Å². The van der Waals surface area contributed by atoms with E-state index in [0.717, 1.165) is 0 Å². The zero-order chi connectivity index (χ0) is 12.8. The van der Waals surface area contributed by atoms with Crippen molar-refractivity contribution in [2.75, 3.05) is 13.7 Å². The molecule has 94 valence electrons. The van der Waals surface area contributed by atoms with Gasteiger partial charge in [0.15, 0.2) is 11.6 Å². The Balaban J connectivity index is 2.46. The summed E-state index contributed by atoms with van der Waals surface area (Å²) in [5.74, 6) is -0.723. The van der Waals surface area contributed by atoms with E-state index in [9.17, 15) is 9.18 Å². The largest absolute Gasteiger partial charge is 0.490 e. The molecule has 1 rings (SSSR count). The minimum atomic E-state index is -0.743. The third kappa shape index (κ3) is 3.71. The second kappa shape index (κ2) is 6.20. The fraction of sp³-hybridized carbons (Fsp3) is 0.417. The smallest absolute Gasteiger partial charge is 0.322 e. The summed E-state index contributed by atoms with van der Waals surface area (Å²) >= 11 is 0. The lowest BCUT2D eigenvalue weighted by Crippen LogP contribution is -2.33. The summed E-state index contributed by atoms with van der Waals surface area (Å²) in [7, 11) is 1.27. The third-order valence-corrected chi connectivity index (χ3v) is 2.35. The molecule has 0 saturated carbocycles. The molecule has 2 N–H and O–H groups in total. The van der Waals surface area contributed by atoms with Crippen LogP contribution in [0.3, 0.4) is 0 Å². The van der Waals surface area contributed by atoms with Crippen LogP contribution in [-0.4, -0.2) is 25.7 Å². The molecule has 0 aromatic heterocycles. The number of methoxy groups -OCH3 is 1. The Morgan fingerprint density at radius 2 is 2.24 bits per heavy atom. The Labute approximate surface area is 99.5 Å². The number of carbonyl (C=O) groups is 1. The van der Waals surface area contributed by atoms with Crippen LogP contribution in [0, 0.1) is 12.7 Å². The Bertz CT molecular complexity index is 395. The molecule has 0 aliphatic heterocycles. The first-order valence-electron chi connectivity index (χ1n) is 5.27. The lowest BCUT2D eigenvalue weighted by atomic mass is 10.2. The van der Waals surface area contributed by atoms with Crippen LogP contribution in [0.1, 0.15) is 12.0 Å². The number of esters is 1. The first kappa shape index (κ1) is 13.4. The number of nitrogens with two attached hydrogens (primary N) is 1. The SMILES string of the molecule is COC(=O)C(N)CCOc1cccc(C)c1F. The molecule has 0 radical (unpaired) electrons. The maximum Gasteiger partial charge on any atom is 0.322 e. The highest BCUT2D eigenvalue weighted by atomic mass is 19.1. The molecule has 0 saturated heterocycles. The number of hydrogen-bond acceptors (Lipinski definition) is 4. The number of aryl methyl sites for hydroxylation is 1. The van der Waals surface area contributed by atoms with Crippen molar-refractivity contribution in [1.82, 2.24) is 0 Å². The number of rotatable bonds is 5. The quantitative estimate of drug-likeness (QED) is 0.792. The van der Waals surface area contributed by atoms with Crippen LogP contribution >= 0.6 is 0 Å². The van der Waals surface area contributed by atoms with E-state index in [1.165, 1.54) is 13.2 Å². The molecule has 0 amide bonds. The monoisotopic (exact) mass is 241 g/mol. The molecule has 1 aromatic rings. The van der Waals surface area contributed by atoms with Gasteiger partial charge in [0.05, 0.1) is 13.7 Å². The van der Waals surface area contributed by atoms with Crippen molar-refractivity contribution in [2.24, 2.45) is 5.73 Å². The van der Waals surface area contributed by atoms with Crippen LogP contribution in [0.25, 0.3) is 0 Å². The normalized spacial score (nSPS) is 12.0. The predicted octanol–water partition coefficient (Wildman–Crippen LogP) is 1.40. The zero-order valence-corrected chi connectivity index (χ0v) is 9.90. The maximum atomic E-state index is 13.5. The molecule has 0 spiro atoms. The van der Waals surface area contributed by atoms with Gasteiger partial charge in [-0.05, 0) is 18.6 Å². The molecule has 5 heteroatoms. The van der Waals surface area contributed by atoms with Gasteiger partial charge in [-0.1, -0.05) is 12.1 Å². The average molecular weight is 241 g/mol. The molecule has 0 aliphatic rings. The fourth-order valence-electron chi connectivity index (χ4n) is 1.30. The topological polar surface area (TPSA) is 61.5 Å². The minimum absolute atomic E-state index is 0.163. The zero-order valence-electron chi connectivity index (χ0n) is 9.90. The molecular weight excluding hydrogens is 225 g/mol. The summed E-state index contributed by atoms with van der Waals surface area (Å²) in [5.41, 5.74) is 6.03. The van der Waals surface area contributed by atoms with Gasteiger partial charge in [0.2, 0.25) is 0 Å². The van der Waals surface area contributed by atoms with Gasteiger partial charge in [-0.2, -0.15) is 0 Å². The van der Waals surface area contributed by atoms with Gasteiger partial charge < -0.3 is 15.2 Å². The van der Waals surface area contributed by atoms with E-state index >= 15 is 0 Å². The van der Waals surface area contributed by atoms with E-state index in [1.807, 2.05) is 0 Å². The van der Waals surface area contributed by atoms with Crippen LogP contribution in [0.4, 0.5) is 4.39 Å². The molecule has 1 aromatic carbocycles. The van der Waals surface area contributed by atoms with Gasteiger partial charge in [-0.3, -0.25) is 4.79 Å². The molecule has 17 heavy (non-hydrogen) atoms. The first-order valence-corrected chi connectivity index (χ1v) is 5.27.